The molecule has 3 nitrogen and oxygen atoms in total. The number of alkyl halides is 4. The lowest BCUT2D eigenvalue weighted by atomic mass is 10.2. The third-order valence-electron chi connectivity index (χ3n) is 2.67. The normalized spacial score (nSPS) is 14.2. The molecule has 17 heavy (non-hydrogen) atoms. The van der Waals surface area contributed by atoms with Gasteiger partial charge in [0.05, 0.1) is 0 Å². The third-order valence-corrected chi connectivity index (χ3v) is 2.67. The first-order valence-electron chi connectivity index (χ1n) is 5.38. The maximum Gasteiger partial charge on any atom is 0.383 e. The molecule has 0 bridgehead atoms. The molecule has 0 fully saturated rings. The Labute approximate surface area is 98.2 Å². The molecular formula is C10H18F4N2O. The lowest BCUT2D eigenvalue weighted by Gasteiger charge is -2.24. The fourth-order valence-corrected chi connectivity index (χ4v) is 1.09. The molecular weight excluding hydrogens is 240 g/mol. The predicted molar refractivity (Wildman–Crippen MR) is 56.3 cm³/mol. The van der Waals surface area contributed by atoms with Gasteiger partial charge in [0, 0.05) is 19.1 Å². The zero-order valence-electron chi connectivity index (χ0n) is 10.1. The van der Waals surface area contributed by atoms with Crippen molar-refractivity contribution in [1.29, 1.82) is 0 Å². The van der Waals surface area contributed by atoms with Crippen molar-refractivity contribution >= 4 is 5.91 Å². The number of nitrogens with one attached hydrogen (secondary N) is 1. The summed E-state index contributed by atoms with van der Waals surface area (Å²) in [6.45, 7) is 4.16. The molecule has 0 rings (SSSR count). The van der Waals surface area contributed by atoms with Crippen LogP contribution in [0.3, 0.4) is 0 Å². The van der Waals surface area contributed by atoms with E-state index >= 15 is 0 Å². The molecule has 0 aromatic carbocycles. The highest BCUT2D eigenvalue weighted by Crippen LogP contribution is 2.22. The van der Waals surface area contributed by atoms with Crippen molar-refractivity contribution in [2.75, 3.05) is 20.1 Å². The highest BCUT2D eigenvalue weighted by molar-refractivity contribution is 5.83. The Bertz CT molecular complexity index is 248. The maximum absolute atomic E-state index is 12.5. The van der Waals surface area contributed by atoms with Gasteiger partial charge in [-0.3, -0.25) is 4.79 Å². The fraction of sp³-hybridized carbons (Fsp3) is 0.900. The van der Waals surface area contributed by atoms with Crippen molar-refractivity contribution in [2.24, 2.45) is 0 Å². The van der Waals surface area contributed by atoms with Crippen LogP contribution in [0.4, 0.5) is 17.6 Å². The summed E-state index contributed by atoms with van der Waals surface area (Å²) in [4.78, 5) is 12.6. The number of hydrogen-bond donors (Lipinski definition) is 1. The number of likely N-dealkylation sites (N-methyl/N-ethyl adjacent to an activating group) is 1. The molecule has 1 N–H and O–H groups in total. The van der Waals surface area contributed by atoms with Crippen LogP contribution >= 0.6 is 0 Å². The van der Waals surface area contributed by atoms with E-state index in [0.717, 1.165) is 6.42 Å². The average Bonchev–Trinajstić information content (AvgIpc) is 2.27. The Balaban J connectivity index is 4.02. The zero-order chi connectivity index (χ0) is 13.6. The highest BCUT2D eigenvalue weighted by atomic mass is 19.3. The average molecular weight is 258 g/mol. The minimum Gasteiger partial charge on any atom is -0.349 e. The van der Waals surface area contributed by atoms with Crippen molar-refractivity contribution in [3.05, 3.63) is 0 Å². The van der Waals surface area contributed by atoms with Crippen LogP contribution in [-0.4, -0.2) is 49.3 Å². The second kappa shape index (κ2) is 6.78. The van der Waals surface area contributed by atoms with Crippen molar-refractivity contribution in [3.63, 3.8) is 0 Å². The fourth-order valence-electron chi connectivity index (χ4n) is 1.09. The molecule has 7 heteroatoms. The number of halogens is 4. The minimum absolute atomic E-state index is 0.0814. The smallest absolute Gasteiger partial charge is 0.349 e. The van der Waals surface area contributed by atoms with Gasteiger partial charge in [0.25, 0.3) is 5.91 Å². The number of rotatable bonds is 7. The standard InChI is InChI=1S/C10H18F4N2O/c1-4-7(2)16(3)6-5-15-9(17)10(13,14)8(11)12/h7-8H,4-6H2,1-3H3,(H,15,17). The Morgan fingerprint density at radius 1 is 1.41 bits per heavy atom. The van der Waals surface area contributed by atoms with E-state index in [1.807, 2.05) is 18.7 Å². The van der Waals surface area contributed by atoms with E-state index in [9.17, 15) is 22.4 Å². The van der Waals surface area contributed by atoms with Gasteiger partial charge in [0.15, 0.2) is 0 Å². The van der Waals surface area contributed by atoms with Gasteiger partial charge in [0.2, 0.25) is 0 Å². The summed E-state index contributed by atoms with van der Waals surface area (Å²) in [5.41, 5.74) is 0. The highest BCUT2D eigenvalue weighted by Gasteiger charge is 2.48. The van der Waals surface area contributed by atoms with Crippen LogP contribution in [0.1, 0.15) is 20.3 Å². The van der Waals surface area contributed by atoms with E-state index < -0.39 is 18.3 Å². The summed E-state index contributed by atoms with van der Waals surface area (Å²) in [5, 5.41) is 1.80. The summed E-state index contributed by atoms with van der Waals surface area (Å²) < 4.78 is 48.6. The molecule has 1 unspecified atom stereocenters. The van der Waals surface area contributed by atoms with Gasteiger partial charge in [-0.25, -0.2) is 8.78 Å². The first kappa shape index (κ1) is 16.1. The summed E-state index contributed by atoms with van der Waals surface area (Å²) in [6.07, 6.45) is -3.10. The van der Waals surface area contributed by atoms with Gasteiger partial charge in [-0.05, 0) is 20.4 Å². The van der Waals surface area contributed by atoms with Crippen molar-refractivity contribution < 1.29 is 22.4 Å². The number of nitrogens with zero attached hydrogens (tertiary/aromatic N) is 1. The van der Waals surface area contributed by atoms with E-state index in [4.69, 9.17) is 0 Å². The second-order valence-corrected chi connectivity index (χ2v) is 3.92. The molecule has 1 amide bonds. The van der Waals surface area contributed by atoms with Crippen LogP contribution in [0.25, 0.3) is 0 Å². The third kappa shape index (κ3) is 4.89. The Hall–Kier alpha value is -0.850. The molecule has 0 aliphatic rings. The van der Waals surface area contributed by atoms with Crippen LogP contribution in [0, 0.1) is 0 Å². The van der Waals surface area contributed by atoms with E-state index in [1.165, 1.54) is 0 Å². The second-order valence-electron chi connectivity index (χ2n) is 3.92. The lowest BCUT2D eigenvalue weighted by molar-refractivity contribution is -0.169. The molecule has 0 radical (unpaired) electrons. The number of carbonyl (C=O) groups excluding carboxylic acids is 1. The molecule has 0 aliphatic heterocycles. The Kier molecular flexibility index (Phi) is 6.44. The molecule has 0 spiro atoms. The number of carbonyl (C=O) groups is 1. The quantitative estimate of drug-likeness (QED) is 0.705. The maximum atomic E-state index is 12.5. The molecule has 0 aliphatic carbocycles. The van der Waals surface area contributed by atoms with E-state index in [0.29, 0.717) is 6.54 Å². The molecule has 102 valence electrons. The van der Waals surface area contributed by atoms with Crippen molar-refractivity contribution in [1.82, 2.24) is 10.2 Å². The monoisotopic (exact) mass is 258 g/mol. The number of amides is 1. The van der Waals surface area contributed by atoms with Crippen LogP contribution in [-0.2, 0) is 4.79 Å². The van der Waals surface area contributed by atoms with Gasteiger partial charge in [0.1, 0.15) is 0 Å². The summed E-state index contributed by atoms with van der Waals surface area (Å²) >= 11 is 0. The summed E-state index contributed by atoms with van der Waals surface area (Å²) in [6, 6.07) is 0.238. The van der Waals surface area contributed by atoms with Gasteiger partial charge in [-0.2, -0.15) is 8.78 Å². The largest absolute Gasteiger partial charge is 0.383 e. The molecule has 0 heterocycles. The first-order valence-corrected chi connectivity index (χ1v) is 5.38. The molecule has 0 saturated heterocycles. The summed E-state index contributed by atoms with van der Waals surface area (Å²) in [7, 11) is 1.77. The Morgan fingerprint density at radius 2 is 1.94 bits per heavy atom. The number of hydrogen-bond acceptors (Lipinski definition) is 2. The van der Waals surface area contributed by atoms with Crippen LogP contribution in [0.15, 0.2) is 0 Å². The minimum atomic E-state index is -4.62. The Morgan fingerprint density at radius 3 is 2.35 bits per heavy atom. The van der Waals surface area contributed by atoms with Crippen LogP contribution in [0.2, 0.25) is 0 Å². The van der Waals surface area contributed by atoms with E-state index in [-0.39, 0.29) is 12.6 Å². The molecule has 0 aromatic heterocycles. The molecule has 0 saturated carbocycles. The first-order chi connectivity index (χ1) is 7.73. The van der Waals surface area contributed by atoms with Gasteiger partial charge in [-0.1, -0.05) is 6.92 Å². The van der Waals surface area contributed by atoms with Gasteiger partial charge < -0.3 is 10.2 Å². The molecule has 0 aromatic rings. The van der Waals surface area contributed by atoms with Crippen LogP contribution < -0.4 is 5.32 Å². The molecule has 1 atom stereocenters. The zero-order valence-corrected chi connectivity index (χ0v) is 10.1. The van der Waals surface area contributed by atoms with Crippen molar-refractivity contribution in [2.45, 2.75) is 38.7 Å². The van der Waals surface area contributed by atoms with Gasteiger partial charge >= 0.3 is 12.3 Å². The van der Waals surface area contributed by atoms with Crippen LogP contribution in [0.5, 0.6) is 0 Å². The topological polar surface area (TPSA) is 32.3 Å². The lowest BCUT2D eigenvalue weighted by Crippen LogP contribution is -2.47. The summed E-state index contributed by atoms with van der Waals surface area (Å²) in [5.74, 6) is -6.54. The van der Waals surface area contributed by atoms with E-state index in [1.54, 1.807) is 12.4 Å². The predicted octanol–water partition coefficient (Wildman–Crippen LogP) is 1.73. The SMILES string of the molecule is CCC(C)N(C)CCNC(=O)C(F)(F)C(F)F. The van der Waals surface area contributed by atoms with Crippen molar-refractivity contribution in [3.8, 4) is 0 Å². The van der Waals surface area contributed by atoms with E-state index in [2.05, 4.69) is 0 Å². The van der Waals surface area contributed by atoms with Gasteiger partial charge in [-0.15, -0.1) is 0 Å².